The van der Waals surface area contributed by atoms with Crippen molar-refractivity contribution in [2.45, 2.75) is 38.5 Å². The molecular formula is C7H15F3N2. The number of hydrogen-bond donors (Lipinski definition) is 2. The lowest BCUT2D eigenvalue weighted by atomic mass is 9.98. The van der Waals surface area contributed by atoms with E-state index < -0.39 is 18.3 Å². The normalized spacial score (nSPS) is 18.0. The zero-order valence-electron chi connectivity index (χ0n) is 7.23. The molecule has 0 saturated heterocycles. The van der Waals surface area contributed by atoms with E-state index in [1.165, 1.54) is 0 Å². The van der Waals surface area contributed by atoms with Gasteiger partial charge in [0.05, 0.1) is 0 Å². The van der Waals surface area contributed by atoms with Crippen molar-refractivity contribution >= 4 is 0 Å². The third-order valence-electron chi connectivity index (χ3n) is 1.58. The molecule has 0 spiro atoms. The first-order valence-corrected chi connectivity index (χ1v) is 3.83. The average Bonchev–Trinajstić information content (AvgIpc) is 1.82. The molecule has 0 amide bonds. The molecular weight excluding hydrogens is 169 g/mol. The van der Waals surface area contributed by atoms with Gasteiger partial charge in [0.15, 0.2) is 0 Å². The highest BCUT2D eigenvalue weighted by Crippen LogP contribution is 2.22. The average molecular weight is 184 g/mol. The van der Waals surface area contributed by atoms with Crippen LogP contribution in [0.4, 0.5) is 13.2 Å². The second kappa shape index (κ2) is 4.09. The quantitative estimate of drug-likeness (QED) is 0.693. The molecule has 2 nitrogen and oxygen atoms in total. The minimum atomic E-state index is -4.38. The van der Waals surface area contributed by atoms with E-state index >= 15 is 0 Å². The molecule has 0 heterocycles. The Balaban J connectivity index is 4.01. The van der Waals surface area contributed by atoms with Gasteiger partial charge in [0.1, 0.15) is 6.04 Å². The third kappa shape index (κ3) is 3.92. The lowest BCUT2D eigenvalue weighted by Crippen LogP contribution is -2.51. The highest BCUT2D eigenvalue weighted by molar-refractivity contribution is 4.82. The molecule has 2 atom stereocenters. The minimum Gasteiger partial charge on any atom is -0.326 e. The molecule has 74 valence electrons. The molecule has 0 aliphatic rings. The Morgan fingerprint density at radius 1 is 1.17 bits per heavy atom. The van der Waals surface area contributed by atoms with Crippen LogP contribution in [0.1, 0.15) is 20.3 Å². The van der Waals surface area contributed by atoms with Crippen LogP contribution in [0.25, 0.3) is 0 Å². The summed E-state index contributed by atoms with van der Waals surface area (Å²) in [7, 11) is 0. The molecule has 0 aromatic heterocycles. The van der Waals surface area contributed by atoms with Gasteiger partial charge in [0.25, 0.3) is 0 Å². The van der Waals surface area contributed by atoms with Gasteiger partial charge in [-0.05, 0) is 12.3 Å². The second-order valence-corrected chi connectivity index (χ2v) is 3.36. The van der Waals surface area contributed by atoms with Crippen LogP contribution in [-0.4, -0.2) is 18.3 Å². The summed E-state index contributed by atoms with van der Waals surface area (Å²) >= 11 is 0. The van der Waals surface area contributed by atoms with E-state index in [0.29, 0.717) is 6.42 Å². The van der Waals surface area contributed by atoms with Gasteiger partial charge in [-0.1, -0.05) is 13.8 Å². The van der Waals surface area contributed by atoms with Gasteiger partial charge in [0, 0.05) is 6.04 Å². The van der Waals surface area contributed by atoms with Gasteiger partial charge in [-0.25, -0.2) is 0 Å². The second-order valence-electron chi connectivity index (χ2n) is 3.36. The Kier molecular flexibility index (Phi) is 3.99. The van der Waals surface area contributed by atoms with Gasteiger partial charge in [-0.15, -0.1) is 0 Å². The zero-order valence-corrected chi connectivity index (χ0v) is 7.23. The summed E-state index contributed by atoms with van der Waals surface area (Å²) in [5, 5.41) is 0. The van der Waals surface area contributed by atoms with Crippen molar-refractivity contribution in [1.29, 1.82) is 0 Å². The predicted molar refractivity (Wildman–Crippen MR) is 41.5 cm³/mol. The molecule has 12 heavy (non-hydrogen) atoms. The summed E-state index contributed by atoms with van der Waals surface area (Å²) in [5.41, 5.74) is 10.2. The van der Waals surface area contributed by atoms with E-state index in [0.717, 1.165) is 0 Å². The SMILES string of the molecule is CC(C)C[C@@H](N)[C@H](N)C(F)(F)F. The van der Waals surface area contributed by atoms with Crippen LogP contribution in [0, 0.1) is 5.92 Å². The predicted octanol–water partition coefficient (Wildman–Crippen LogP) is 1.25. The van der Waals surface area contributed by atoms with Crippen molar-refractivity contribution in [2.75, 3.05) is 0 Å². The highest BCUT2D eigenvalue weighted by Gasteiger charge is 2.40. The van der Waals surface area contributed by atoms with Gasteiger partial charge in [0.2, 0.25) is 0 Å². The minimum absolute atomic E-state index is 0.133. The number of halogens is 3. The summed E-state index contributed by atoms with van der Waals surface area (Å²) in [6.07, 6.45) is -4.09. The van der Waals surface area contributed by atoms with Crippen LogP contribution in [0.15, 0.2) is 0 Å². The number of hydrogen-bond acceptors (Lipinski definition) is 2. The Hall–Kier alpha value is -0.290. The molecule has 0 bridgehead atoms. The zero-order chi connectivity index (χ0) is 9.94. The maximum atomic E-state index is 11.9. The Labute approximate surface area is 70.1 Å². The van der Waals surface area contributed by atoms with E-state index in [1.54, 1.807) is 0 Å². The highest BCUT2D eigenvalue weighted by atomic mass is 19.4. The van der Waals surface area contributed by atoms with E-state index in [9.17, 15) is 13.2 Å². The smallest absolute Gasteiger partial charge is 0.326 e. The first kappa shape index (κ1) is 11.7. The summed E-state index contributed by atoms with van der Waals surface area (Å²) in [5.74, 6) is 0.133. The molecule has 0 saturated carbocycles. The van der Waals surface area contributed by atoms with Crippen LogP contribution in [0.3, 0.4) is 0 Å². The molecule has 0 aromatic carbocycles. The topological polar surface area (TPSA) is 52.0 Å². The summed E-state index contributed by atoms with van der Waals surface area (Å²) < 4.78 is 35.8. The largest absolute Gasteiger partial charge is 0.405 e. The third-order valence-corrected chi connectivity index (χ3v) is 1.58. The van der Waals surface area contributed by atoms with Crippen molar-refractivity contribution in [3.8, 4) is 0 Å². The fourth-order valence-electron chi connectivity index (χ4n) is 0.934. The molecule has 0 radical (unpaired) electrons. The van der Waals surface area contributed by atoms with Gasteiger partial charge < -0.3 is 11.5 Å². The van der Waals surface area contributed by atoms with Crippen LogP contribution < -0.4 is 11.5 Å². The van der Waals surface area contributed by atoms with Crippen LogP contribution in [-0.2, 0) is 0 Å². The summed E-state index contributed by atoms with van der Waals surface area (Å²) in [6.45, 7) is 3.62. The van der Waals surface area contributed by atoms with E-state index in [1.807, 2.05) is 13.8 Å². The van der Waals surface area contributed by atoms with Gasteiger partial charge in [-0.3, -0.25) is 0 Å². The Morgan fingerprint density at radius 3 is 1.83 bits per heavy atom. The standard InChI is InChI=1S/C7H15F3N2/c1-4(2)3-5(11)6(12)7(8,9)10/h4-6H,3,11-12H2,1-2H3/t5-,6+/m1/s1. The maximum Gasteiger partial charge on any atom is 0.405 e. The number of rotatable bonds is 3. The molecule has 0 fully saturated rings. The number of alkyl halides is 3. The van der Waals surface area contributed by atoms with Crippen LogP contribution in [0.5, 0.6) is 0 Å². The maximum absolute atomic E-state index is 11.9. The van der Waals surface area contributed by atoms with E-state index in [4.69, 9.17) is 11.5 Å². The molecule has 0 aromatic rings. The van der Waals surface area contributed by atoms with Crippen molar-refractivity contribution in [3.05, 3.63) is 0 Å². The van der Waals surface area contributed by atoms with Gasteiger partial charge in [-0.2, -0.15) is 13.2 Å². The Morgan fingerprint density at radius 2 is 1.58 bits per heavy atom. The van der Waals surface area contributed by atoms with Crippen molar-refractivity contribution in [2.24, 2.45) is 17.4 Å². The van der Waals surface area contributed by atoms with Crippen molar-refractivity contribution in [1.82, 2.24) is 0 Å². The first-order chi connectivity index (χ1) is 5.25. The Bertz CT molecular complexity index is 133. The summed E-state index contributed by atoms with van der Waals surface area (Å²) in [4.78, 5) is 0. The molecule has 0 aliphatic heterocycles. The summed E-state index contributed by atoms with van der Waals surface area (Å²) in [6, 6.07) is -2.90. The molecule has 4 N–H and O–H groups in total. The van der Waals surface area contributed by atoms with Crippen LogP contribution >= 0.6 is 0 Å². The molecule has 0 rings (SSSR count). The van der Waals surface area contributed by atoms with Crippen molar-refractivity contribution < 1.29 is 13.2 Å². The fraction of sp³-hybridized carbons (Fsp3) is 1.00. The van der Waals surface area contributed by atoms with E-state index in [2.05, 4.69) is 0 Å². The molecule has 5 heteroatoms. The first-order valence-electron chi connectivity index (χ1n) is 3.83. The number of nitrogens with two attached hydrogens (primary N) is 2. The van der Waals surface area contributed by atoms with Gasteiger partial charge >= 0.3 is 6.18 Å². The molecule has 0 aliphatic carbocycles. The van der Waals surface area contributed by atoms with Crippen molar-refractivity contribution in [3.63, 3.8) is 0 Å². The molecule has 0 unspecified atom stereocenters. The van der Waals surface area contributed by atoms with Crippen LogP contribution in [0.2, 0.25) is 0 Å². The van der Waals surface area contributed by atoms with E-state index in [-0.39, 0.29) is 5.92 Å². The lowest BCUT2D eigenvalue weighted by molar-refractivity contribution is -0.152. The monoisotopic (exact) mass is 184 g/mol. The fourth-order valence-corrected chi connectivity index (χ4v) is 0.934. The lowest BCUT2D eigenvalue weighted by Gasteiger charge is -2.23.